The van der Waals surface area contributed by atoms with Gasteiger partial charge in [-0.3, -0.25) is 4.79 Å². The van der Waals surface area contributed by atoms with Crippen molar-refractivity contribution in [2.75, 3.05) is 11.1 Å². The molecule has 5 nitrogen and oxygen atoms in total. The summed E-state index contributed by atoms with van der Waals surface area (Å²) in [5.74, 6) is -0.644. The Balaban J connectivity index is 1.67. The SMILES string of the molecule is CC1(CC(=O)Nc2nc(-c3ccnc(N)c3)cs2)C=CC(F)=CC1F. The number of alkyl halides is 1. The minimum Gasteiger partial charge on any atom is -0.384 e. The quantitative estimate of drug-likeness (QED) is 0.865. The van der Waals surface area contributed by atoms with Crippen LogP contribution in [-0.4, -0.2) is 22.0 Å². The van der Waals surface area contributed by atoms with Crippen LogP contribution < -0.4 is 11.1 Å². The molecule has 2 aromatic rings. The third kappa shape index (κ3) is 3.90. The van der Waals surface area contributed by atoms with Crippen LogP contribution in [0.25, 0.3) is 11.3 Å². The smallest absolute Gasteiger partial charge is 0.227 e. The molecule has 0 spiro atoms. The van der Waals surface area contributed by atoms with Crippen LogP contribution in [0.3, 0.4) is 0 Å². The Bertz CT molecular complexity index is 864. The van der Waals surface area contributed by atoms with Crippen molar-refractivity contribution < 1.29 is 13.6 Å². The second kappa shape index (κ2) is 6.72. The van der Waals surface area contributed by atoms with Crippen LogP contribution in [0.2, 0.25) is 0 Å². The van der Waals surface area contributed by atoms with Crippen molar-refractivity contribution in [1.29, 1.82) is 0 Å². The summed E-state index contributed by atoms with van der Waals surface area (Å²) in [6.45, 7) is 1.57. The Morgan fingerprint density at radius 2 is 2.32 bits per heavy atom. The van der Waals surface area contributed by atoms with Crippen molar-refractivity contribution >= 4 is 28.2 Å². The first-order valence-corrected chi connectivity index (χ1v) is 8.42. The fourth-order valence-electron chi connectivity index (χ4n) is 2.48. The molecule has 1 aliphatic carbocycles. The van der Waals surface area contributed by atoms with Gasteiger partial charge in [0, 0.05) is 29.0 Å². The number of carbonyl (C=O) groups is 1. The topological polar surface area (TPSA) is 80.9 Å². The number of carbonyl (C=O) groups excluding carboxylic acids is 1. The molecular weight excluding hydrogens is 346 g/mol. The highest BCUT2D eigenvalue weighted by Crippen LogP contribution is 2.36. The lowest BCUT2D eigenvalue weighted by Gasteiger charge is -2.29. The number of anilines is 2. The van der Waals surface area contributed by atoms with Crippen LogP contribution in [-0.2, 0) is 4.79 Å². The second-order valence-corrected chi connectivity index (χ2v) is 6.88. The van der Waals surface area contributed by atoms with Crippen molar-refractivity contribution in [1.82, 2.24) is 9.97 Å². The van der Waals surface area contributed by atoms with Gasteiger partial charge < -0.3 is 11.1 Å². The van der Waals surface area contributed by atoms with Crippen molar-refractivity contribution in [3.8, 4) is 11.3 Å². The first-order valence-electron chi connectivity index (χ1n) is 7.54. The van der Waals surface area contributed by atoms with Gasteiger partial charge in [0.15, 0.2) is 5.13 Å². The van der Waals surface area contributed by atoms with E-state index in [1.807, 2.05) is 0 Å². The predicted octanol–water partition coefficient (Wildman–Crippen LogP) is 3.88. The number of amides is 1. The molecule has 2 unspecified atom stereocenters. The maximum absolute atomic E-state index is 14.1. The van der Waals surface area contributed by atoms with E-state index in [4.69, 9.17) is 5.73 Å². The summed E-state index contributed by atoms with van der Waals surface area (Å²) < 4.78 is 27.1. The van der Waals surface area contributed by atoms with Gasteiger partial charge in [-0.25, -0.2) is 18.7 Å². The minimum atomic E-state index is -1.56. The van der Waals surface area contributed by atoms with Crippen LogP contribution in [0.4, 0.5) is 19.7 Å². The van der Waals surface area contributed by atoms with Crippen LogP contribution in [0.5, 0.6) is 0 Å². The maximum atomic E-state index is 14.1. The van der Waals surface area contributed by atoms with E-state index in [-0.39, 0.29) is 12.3 Å². The van der Waals surface area contributed by atoms with Crippen LogP contribution in [0, 0.1) is 5.41 Å². The van der Waals surface area contributed by atoms with E-state index < -0.39 is 17.4 Å². The van der Waals surface area contributed by atoms with Gasteiger partial charge in [0.1, 0.15) is 17.8 Å². The molecule has 2 atom stereocenters. The Hall–Kier alpha value is -2.61. The molecule has 0 aromatic carbocycles. The van der Waals surface area contributed by atoms with E-state index in [2.05, 4.69) is 15.3 Å². The monoisotopic (exact) mass is 362 g/mol. The zero-order valence-corrected chi connectivity index (χ0v) is 14.2. The molecule has 0 saturated heterocycles. The fraction of sp³-hybridized carbons (Fsp3) is 0.235. The average molecular weight is 362 g/mol. The van der Waals surface area contributed by atoms with Gasteiger partial charge in [0.25, 0.3) is 0 Å². The molecule has 130 valence electrons. The van der Waals surface area contributed by atoms with Crippen LogP contribution in [0.15, 0.2) is 47.8 Å². The van der Waals surface area contributed by atoms with Gasteiger partial charge in [0.2, 0.25) is 5.91 Å². The van der Waals surface area contributed by atoms with E-state index in [1.165, 1.54) is 23.5 Å². The third-order valence-electron chi connectivity index (χ3n) is 3.93. The lowest BCUT2D eigenvalue weighted by Crippen LogP contribution is -2.32. The number of allylic oxidation sites excluding steroid dienone is 4. The van der Waals surface area contributed by atoms with Crippen molar-refractivity contribution in [2.24, 2.45) is 5.41 Å². The molecule has 2 heterocycles. The van der Waals surface area contributed by atoms with E-state index in [9.17, 15) is 13.6 Å². The highest BCUT2D eigenvalue weighted by molar-refractivity contribution is 7.14. The number of halogens is 2. The van der Waals surface area contributed by atoms with E-state index >= 15 is 0 Å². The van der Waals surface area contributed by atoms with Crippen molar-refractivity contribution in [3.63, 3.8) is 0 Å². The zero-order valence-electron chi connectivity index (χ0n) is 13.4. The van der Waals surface area contributed by atoms with Crippen molar-refractivity contribution in [2.45, 2.75) is 19.5 Å². The summed E-state index contributed by atoms with van der Waals surface area (Å²) in [7, 11) is 0. The third-order valence-corrected chi connectivity index (χ3v) is 4.69. The van der Waals surface area contributed by atoms with Gasteiger partial charge in [-0.05, 0) is 24.3 Å². The van der Waals surface area contributed by atoms with E-state index in [0.29, 0.717) is 16.6 Å². The normalized spacial score (nSPS) is 22.5. The maximum Gasteiger partial charge on any atom is 0.227 e. The first kappa shape index (κ1) is 17.2. The highest BCUT2D eigenvalue weighted by Gasteiger charge is 2.35. The lowest BCUT2D eigenvalue weighted by molar-refractivity contribution is -0.118. The molecule has 8 heteroatoms. The van der Waals surface area contributed by atoms with Gasteiger partial charge in [-0.1, -0.05) is 13.0 Å². The van der Waals surface area contributed by atoms with Gasteiger partial charge in [-0.2, -0.15) is 0 Å². The lowest BCUT2D eigenvalue weighted by atomic mass is 9.78. The summed E-state index contributed by atoms with van der Waals surface area (Å²) in [6, 6.07) is 3.45. The number of hydrogen-bond donors (Lipinski definition) is 2. The van der Waals surface area contributed by atoms with Crippen LogP contribution >= 0.6 is 11.3 Å². The second-order valence-electron chi connectivity index (χ2n) is 6.02. The van der Waals surface area contributed by atoms with Crippen LogP contribution in [0.1, 0.15) is 13.3 Å². The molecule has 1 aliphatic rings. The van der Waals surface area contributed by atoms with Gasteiger partial charge in [-0.15, -0.1) is 11.3 Å². The largest absolute Gasteiger partial charge is 0.384 e. The number of nitrogen functional groups attached to an aromatic ring is 1. The summed E-state index contributed by atoms with van der Waals surface area (Å²) >= 11 is 1.25. The Labute approximate surface area is 147 Å². The molecule has 0 radical (unpaired) electrons. The molecule has 25 heavy (non-hydrogen) atoms. The summed E-state index contributed by atoms with van der Waals surface area (Å²) in [6.07, 6.45) is 3.34. The van der Waals surface area contributed by atoms with Gasteiger partial charge >= 0.3 is 0 Å². The number of hydrogen-bond acceptors (Lipinski definition) is 5. The standard InChI is InChI=1S/C17H16F2N4OS/c1-17(4-2-11(18)7-13(17)19)8-15(24)23-16-22-12(9-25-16)10-3-5-21-14(20)6-10/h2-7,9,13H,8H2,1H3,(H2,20,21)(H,22,23,24). The van der Waals surface area contributed by atoms with E-state index in [0.717, 1.165) is 11.6 Å². The Morgan fingerprint density at radius 3 is 3.04 bits per heavy atom. The molecule has 3 N–H and O–H groups in total. The first-order chi connectivity index (χ1) is 11.9. The molecule has 0 bridgehead atoms. The molecule has 0 saturated carbocycles. The summed E-state index contributed by atoms with van der Waals surface area (Å²) in [4.78, 5) is 20.5. The average Bonchev–Trinajstić information content (AvgIpc) is 3.00. The van der Waals surface area contributed by atoms with Gasteiger partial charge in [0.05, 0.1) is 5.69 Å². The molecule has 0 aliphatic heterocycles. The number of pyridine rings is 1. The molecule has 3 rings (SSSR count). The Morgan fingerprint density at radius 1 is 1.52 bits per heavy atom. The highest BCUT2D eigenvalue weighted by atomic mass is 32.1. The zero-order chi connectivity index (χ0) is 18.0. The number of nitrogens with zero attached hydrogens (tertiary/aromatic N) is 2. The summed E-state index contributed by atoms with van der Waals surface area (Å²) in [5.41, 5.74) is 6.01. The molecule has 0 fully saturated rings. The van der Waals surface area contributed by atoms with E-state index in [1.54, 1.807) is 30.6 Å². The Kier molecular flexibility index (Phi) is 4.63. The number of nitrogens with two attached hydrogens (primary N) is 1. The molecule has 1 amide bonds. The number of aromatic nitrogens is 2. The summed E-state index contributed by atoms with van der Waals surface area (Å²) in [5, 5.41) is 4.84. The number of rotatable bonds is 4. The molecule has 2 aromatic heterocycles. The minimum absolute atomic E-state index is 0.119. The van der Waals surface area contributed by atoms with Crippen molar-refractivity contribution in [3.05, 3.63) is 47.8 Å². The molecular formula is C17H16F2N4OS. The number of nitrogens with one attached hydrogen (secondary N) is 1. The fourth-order valence-corrected chi connectivity index (χ4v) is 3.22. The predicted molar refractivity (Wildman–Crippen MR) is 94.3 cm³/mol. The number of thiazole rings is 1.